The molecule has 0 amide bonds. The van der Waals surface area contributed by atoms with Crippen molar-refractivity contribution in [3.63, 3.8) is 0 Å². The second-order valence-corrected chi connectivity index (χ2v) is 4.30. The quantitative estimate of drug-likeness (QED) is 0.629. The molecule has 106 valence electrons. The van der Waals surface area contributed by atoms with Crippen LogP contribution in [0.2, 0.25) is 0 Å². The van der Waals surface area contributed by atoms with Crippen molar-refractivity contribution in [3.8, 4) is 0 Å². The van der Waals surface area contributed by atoms with E-state index in [-0.39, 0.29) is 25.4 Å². The van der Waals surface area contributed by atoms with Gasteiger partial charge in [0.1, 0.15) is 6.10 Å². The fourth-order valence-corrected chi connectivity index (χ4v) is 1.89. The van der Waals surface area contributed by atoms with Gasteiger partial charge in [0.25, 0.3) is 0 Å². The number of aliphatic hydroxyl groups is 3. The molecule has 5 nitrogen and oxygen atoms in total. The number of benzene rings is 1. The minimum atomic E-state index is -1.07. The average Bonchev–Trinajstić information content (AvgIpc) is 2.44. The Kier molecular flexibility index (Phi) is 6.49. The van der Waals surface area contributed by atoms with Crippen LogP contribution in [0.25, 0.3) is 0 Å². The molecule has 1 rings (SSSR count). The second-order valence-electron chi connectivity index (χ2n) is 4.30. The van der Waals surface area contributed by atoms with E-state index >= 15 is 0 Å². The molecule has 0 bridgehead atoms. The van der Waals surface area contributed by atoms with Crippen molar-refractivity contribution in [1.29, 1.82) is 0 Å². The molecule has 0 aromatic heterocycles. The van der Waals surface area contributed by atoms with Crippen LogP contribution in [0.3, 0.4) is 0 Å². The zero-order valence-corrected chi connectivity index (χ0v) is 11.0. The van der Waals surface area contributed by atoms with Gasteiger partial charge in [-0.1, -0.05) is 24.3 Å². The lowest BCUT2D eigenvalue weighted by molar-refractivity contribution is -0.140. The summed E-state index contributed by atoms with van der Waals surface area (Å²) in [5.74, 6) is -0.319. The molecule has 3 N–H and O–H groups in total. The van der Waals surface area contributed by atoms with E-state index in [1.54, 1.807) is 24.3 Å². The minimum absolute atomic E-state index is 0.104. The van der Waals surface area contributed by atoms with Gasteiger partial charge >= 0.3 is 5.97 Å². The van der Waals surface area contributed by atoms with Gasteiger partial charge in [0, 0.05) is 13.0 Å². The third-order valence-electron chi connectivity index (χ3n) is 2.99. The van der Waals surface area contributed by atoms with Crippen LogP contribution in [0, 0.1) is 0 Å². The van der Waals surface area contributed by atoms with Gasteiger partial charge < -0.3 is 20.1 Å². The molecule has 0 heterocycles. The van der Waals surface area contributed by atoms with Gasteiger partial charge in [-0.25, -0.2) is 0 Å². The first-order chi connectivity index (χ1) is 9.10. The van der Waals surface area contributed by atoms with Crippen molar-refractivity contribution in [2.24, 2.45) is 0 Å². The number of aryl methyl sites for hydroxylation is 1. The minimum Gasteiger partial charge on any atom is -0.469 e. The fraction of sp³-hybridized carbons (Fsp3) is 0.500. The Morgan fingerprint density at radius 2 is 2.00 bits per heavy atom. The van der Waals surface area contributed by atoms with Crippen molar-refractivity contribution in [2.75, 3.05) is 13.7 Å². The predicted molar refractivity (Wildman–Crippen MR) is 69.4 cm³/mol. The third-order valence-corrected chi connectivity index (χ3v) is 2.99. The smallest absolute Gasteiger partial charge is 0.305 e. The molecule has 0 saturated heterocycles. The van der Waals surface area contributed by atoms with Crippen molar-refractivity contribution >= 4 is 5.97 Å². The molecule has 0 fully saturated rings. The molecule has 0 radical (unpaired) electrons. The molecular formula is C14H20O5. The fourth-order valence-electron chi connectivity index (χ4n) is 1.89. The van der Waals surface area contributed by atoms with Crippen LogP contribution < -0.4 is 0 Å². The van der Waals surface area contributed by atoms with E-state index in [1.165, 1.54) is 7.11 Å². The van der Waals surface area contributed by atoms with Gasteiger partial charge in [0.15, 0.2) is 0 Å². The topological polar surface area (TPSA) is 87.0 Å². The van der Waals surface area contributed by atoms with Crippen molar-refractivity contribution in [1.82, 2.24) is 0 Å². The van der Waals surface area contributed by atoms with Crippen LogP contribution in [-0.4, -0.2) is 41.1 Å². The summed E-state index contributed by atoms with van der Waals surface area (Å²) in [6.07, 6.45) is -1.33. The highest BCUT2D eigenvalue weighted by Gasteiger charge is 2.20. The van der Waals surface area contributed by atoms with Gasteiger partial charge in [-0.05, 0) is 24.0 Å². The van der Waals surface area contributed by atoms with Crippen molar-refractivity contribution < 1.29 is 24.9 Å². The molecule has 1 aromatic rings. The van der Waals surface area contributed by atoms with E-state index < -0.39 is 12.2 Å². The highest BCUT2D eigenvalue weighted by molar-refractivity contribution is 5.69. The van der Waals surface area contributed by atoms with E-state index in [2.05, 4.69) is 4.74 Å². The van der Waals surface area contributed by atoms with Gasteiger partial charge in [-0.2, -0.15) is 0 Å². The average molecular weight is 268 g/mol. The van der Waals surface area contributed by atoms with Crippen LogP contribution in [0.4, 0.5) is 0 Å². The zero-order valence-electron chi connectivity index (χ0n) is 11.0. The first kappa shape index (κ1) is 15.6. The molecule has 0 aliphatic carbocycles. The lowest BCUT2D eigenvalue weighted by atomic mass is 9.95. The van der Waals surface area contributed by atoms with Crippen LogP contribution in [-0.2, 0) is 16.0 Å². The van der Waals surface area contributed by atoms with Crippen molar-refractivity contribution in [2.45, 2.75) is 31.5 Å². The third kappa shape index (κ3) is 4.63. The van der Waals surface area contributed by atoms with Crippen molar-refractivity contribution in [3.05, 3.63) is 35.4 Å². The molecule has 0 spiro atoms. The Labute approximate surface area is 112 Å². The van der Waals surface area contributed by atoms with E-state index in [4.69, 9.17) is 5.11 Å². The molecule has 19 heavy (non-hydrogen) atoms. The monoisotopic (exact) mass is 268 g/mol. The summed E-state index contributed by atoms with van der Waals surface area (Å²) < 4.78 is 4.57. The van der Waals surface area contributed by atoms with Crippen LogP contribution in [0.15, 0.2) is 24.3 Å². The summed E-state index contributed by atoms with van der Waals surface area (Å²) in [5, 5.41) is 28.5. The Balaban J connectivity index is 2.80. The summed E-state index contributed by atoms with van der Waals surface area (Å²) in [5.41, 5.74) is 1.37. The molecule has 5 heteroatoms. The second kappa shape index (κ2) is 7.89. The number of hydrogen-bond acceptors (Lipinski definition) is 5. The Bertz CT molecular complexity index is 405. The van der Waals surface area contributed by atoms with Gasteiger partial charge in [0.05, 0.1) is 13.2 Å². The first-order valence-electron chi connectivity index (χ1n) is 6.21. The maximum atomic E-state index is 11.1. The highest BCUT2D eigenvalue weighted by Crippen LogP contribution is 2.23. The Morgan fingerprint density at radius 3 is 2.63 bits per heavy atom. The Hall–Kier alpha value is -1.43. The predicted octanol–water partition coefficient (Wildman–Crippen LogP) is 0.569. The van der Waals surface area contributed by atoms with Crippen LogP contribution in [0.1, 0.15) is 30.1 Å². The zero-order chi connectivity index (χ0) is 14.3. The SMILES string of the molecule is COC(=O)CCc1ccccc1C(O)C(O)CCO. The lowest BCUT2D eigenvalue weighted by Gasteiger charge is -2.20. The number of rotatable bonds is 7. The highest BCUT2D eigenvalue weighted by atomic mass is 16.5. The normalized spacial score (nSPS) is 13.9. The van der Waals surface area contributed by atoms with E-state index in [0.717, 1.165) is 5.56 Å². The van der Waals surface area contributed by atoms with Gasteiger partial charge in [0.2, 0.25) is 0 Å². The number of aliphatic hydroxyl groups excluding tert-OH is 3. The number of hydrogen-bond donors (Lipinski definition) is 3. The summed E-state index contributed by atoms with van der Waals surface area (Å²) >= 11 is 0. The number of carbonyl (C=O) groups excluding carboxylic acids is 1. The largest absolute Gasteiger partial charge is 0.469 e. The summed E-state index contributed by atoms with van der Waals surface area (Å²) in [4.78, 5) is 11.1. The lowest BCUT2D eigenvalue weighted by Crippen LogP contribution is -2.21. The van der Waals surface area contributed by atoms with E-state index in [1.807, 2.05) is 0 Å². The summed E-state index contributed by atoms with van der Waals surface area (Å²) in [7, 11) is 1.33. The number of ether oxygens (including phenoxy) is 1. The van der Waals surface area contributed by atoms with E-state index in [9.17, 15) is 15.0 Å². The molecule has 1 aromatic carbocycles. The maximum absolute atomic E-state index is 11.1. The number of esters is 1. The first-order valence-corrected chi connectivity index (χ1v) is 6.21. The molecule has 0 aliphatic heterocycles. The summed E-state index contributed by atoms with van der Waals surface area (Å²) in [6, 6.07) is 7.07. The molecule has 2 unspecified atom stereocenters. The molecular weight excluding hydrogens is 248 g/mol. The van der Waals surface area contributed by atoms with E-state index in [0.29, 0.717) is 12.0 Å². The molecule has 0 aliphatic rings. The van der Waals surface area contributed by atoms with Gasteiger partial charge in [-0.15, -0.1) is 0 Å². The summed E-state index contributed by atoms with van der Waals surface area (Å²) in [6.45, 7) is -0.192. The van der Waals surface area contributed by atoms with Crippen LogP contribution >= 0.6 is 0 Å². The van der Waals surface area contributed by atoms with Crippen LogP contribution in [0.5, 0.6) is 0 Å². The number of methoxy groups -OCH3 is 1. The number of carbonyl (C=O) groups is 1. The maximum Gasteiger partial charge on any atom is 0.305 e. The molecule has 0 saturated carbocycles. The van der Waals surface area contributed by atoms with Gasteiger partial charge in [-0.3, -0.25) is 4.79 Å². The Morgan fingerprint density at radius 1 is 1.32 bits per heavy atom. The standard InChI is InChI=1S/C14H20O5/c1-19-13(17)7-6-10-4-2-3-5-11(10)14(18)12(16)8-9-15/h2-5,12,14-16,18H,6-9H2,1H3. The molecule has 2 atom stereocenters.